The van der Waals surface area contributed by atoms with E-state index in [1.54, 1.807) is 12.1 Å². The lowest BCUT2D eigenvalue weighted by Gasteiger charge is -2.34. The van der Waals surface area contributed by atoms with Gasteiger partial charge in [0.05, 0.1) is 6.04 Å². The van der Waals surface area contributed by atoms with Crippen LogP contribution in [-0.4, -0.2) is 29.8 Å². The molecule has 0 N–H and O–H groups in total. The van der Waals surface area contributed by atoms with E-state index in [2.05, 4.69) is 11.8 Å². The highest BCUT2D eigenvalue weighted by atomic mass is 35.5. The second-order valence-electron chi connectivity index (χ2n) is 5.29. The van der Waals surface area contributed by atoms with Crippen LogP contribution in [0.15, 0.2) is 24.3 Å². The summed E-state index contributed by atoms with van der Waals surface area (Å²) in [5.41, 5.74) is 0.755. The fraction of sp³-hybridized carbons (Fsp3) is 0.533. The molecule has 1 fully saturated rings. The number of carbonyl (C=O) groups excluding carboxylic acids is 1. The van der Waals surface area contributed by atoms with Crippen LogP contribution < -0.4 is 0 Å². The van der Waals surface area contributed by atoms with E-state index in [-0.39, 0.29) is 11.8 Å². The molecule has 0 spiro atoms. The van der Waals surface area contributed by atoms with Gasteiger partial charge in [0.1, 0.15) is 0 Å². The summed E-state index contributed by atoms with van der Waals surface area (Å²) < 4.78 is 0. The number of carbonyl (C=O) groups is 1. The number of halogens is 1. The van der Waals surface area contributed by atoms with E-state index >= 15 is 0 Å². The summed E-state index contributed by atoms with van der Waals surface area (Å²) in [4.78, 5) is 14.7. The third-order valence-corrected chi connectivity index (χ3v) is 4.00. The van der Waals surface area contributed by atoms with Crippen LogP contribution in [0.3, 0.4) is 0 Å². The molecule has 3 heteroatoms. The van der Waals surface area contributed by atoms with Gasteiger partial charge in [-0.25, -0.2) is 0 Å². The molecule has 2 rings (SSSR count). The Hall–Kier alpha value is -0.860. The summed E-state index contributed by atoms with van der Waals surface area (Å²) in [6.45, 7) is 6.33. The molecule has 98 valence electrons. The minimum Gasteiger partial charge on any atom is -0.293 e. The van der Waals surface area contributed by atoms with E-state index in [4.69, 9.17) is 11.6 Å². The third kappa shape index (κ3) is 3.12. The summed E-state index contributed by atoms with van der Waals surface area (Å²) in [5, 5.41) is 0.672. The van der Waals surface area contributed by atoms with Gasteiger partial charge >= 0.3 is 0 Å². The largest absolute Gasteiger partial charge is 0.293 e. The first kappa shape index (κ1) is 13.6. The number of likely N-dealkylation sites (tertiary alicyclic amines) is 1. The second kappa shape index (κ2) is 5.85. The van der Waals surface area contributed by atoms with Gasteiger partial charge in [-0.15, -0.1) is 0 Å². The molecule has 0 aromatic heterocycles. The zero-order valence-electron chi connectivity index (χ0n) is 11.0. The summed E-state index contributed by atoms with van der Waals surface area (Å²) in [7, 11) is 0. The van der Waals surface area contributed by atoms with E-state index in [9.17, 15) is 4.79 Å². The molecule has 2 nitrogen and oxygen atoms in total. The molecule has 0 saturated carbocycles. The van der Waals surface area contributed by atoms with Crippen molar-refractivity contribution in [3.8, 4) is 0 Å². The fourth-order valence-corrected chi connectivity index (χ4v) is 2.72. The van der Waals surface area contributed by atoms with E-state index in [0.717, 1.165) is 18.7 Å². The highest BCUT2D eigenvalue weighted by molar-refractivity contribution is 6.30. The summed E-state index contributed by atoms with van der Waals surface area (Å²) in [6, 6.07) is 7.15. The van der Waals surface area contributed by atoms with Crippen LogP contribution in [0, 0.1) is 5.92 Å². The fourth-order valence-electron chi connectivity index (χ4n) is 2.60. The van der Waals surface area contributed by atoms with Crippen molar-refractivity contribution in [1.82, 2.24) is 4.90 Å². The molecular weight excluding hydrogens is 246 g/mol. The number of benzene rings is 1. The molecule has 1 aliphatic heterocycles. The highest BCUT2D eigenvalue weighted by Crippen LogP contribution is 2.20. The summed E-state index contributed by atoms with van der Waals surface area (Å²) in [5.74, 6) is 0.889. The zero-order chi connectivity index (χ0) is 13.1. The van der Waals surface area contributed by atoms with Crippen molar-refractivity contribution in [2.75, 3.05) is 13.1 Å². The van der Waals surface area contributed by atoms with E-state index < -0.39 is 0 Å². The summed E-state index contributed by atoms with van der Waals surface area (Å²) in [6.07, 6.45) is 2.47. The molecule has 2 atom stereocenters. The van der Waals surface area contributed by atoms with Crippen LogP contribution in [-0.2, 0) is 0 Å². The van der Waals surface area contributed by atoms with Crippen molar-refractivity contribution in [2.24, 2.45) is 5.92 Å². The number of nitrogens with zero attached hydrogens (tertiary/aromatic N) is 1. The molecule has 2 unspecified atom stereocenters. The lowest BCUT2D eigenvalue weighted by Crippen LogP contribution is -2.44. The third-order valence-electron chi connectivity index (χ3n) is 3.74. The molecule has 0 radical (unpaired) electrons. The Morgan fingerprint density at radius 2 is 2.06 bits per heavy atom. The smallest absolute Gasteiger partial charge is 0.179 e. The number of rotatable bonds is 3. The van der Waals surface area contributed by atoms with Gasteiger partial charge < -0.3 is 0 Å². The monoisotopic (exact) mass is 265 g/mol. The normalized spacial score (nSPS) is 22.7. The number of hydrogen-bond acceptors (Lipinski definition) is 2. The topological polar surface area (TPSA) is 20.3 Å². The average Bonchev–Trinajstić information content (AvgIpc) is 2.38. The van der Waals surface area contributed by atoms with Crippen LogP contribution >= 0.6 is 11.6 Å². The van der Waals surface area contributed by atoms with Crippen LogP contribution in [0.1, 0.15) is 37.0 Å². The quantitative estimate of drug-likeness (QED) is 0.778. The summed E-state index contributed by atoms with van der Waals surface area (Å²) >= 11 is 5.84. The first-order valence-electron chi connectivity index (χ1n) is 6.62. The first-order valence-corrected chi connectivity index (χ1v) is 6.99. The molecule has 1 saturated heterocycles. The first-order chi connectivity index (χ1) is 8.58. The zero-order valence-corrected chi connectivity index (χ0v) is 11.8. The van der Waals surface area contributed by atoms with Crippen molar-refractivity contribution >= 4 is 17.4 Å². The Morgan fingerprint density at radius 3 is 2.67 bits per heavy atom. The van der Waals surface area contributed by atoms with Crippen molar-refractivity contribution in [2.45, 2.75) is 32.7 Å². The molecule has 1 aromatic rings. The Morgan fingerprint density at radius 1 is 1.39 bits per heavy atom. The molecule has 18 heavy (non-hydrogen) atoms. The maximum Gasteiger partial charge on any atom is 0.179 e. The molecule has 0 amide bonds. The van der Waals surface area contributed by atoms with Crippen LogP contribution in [0.25, 0.3) is 0 Å². The van der Waals surface area contributed by atoms with Crippen molar-refractivity contribution < 1.29 is 4.79 Å². The average molecular weight is 266 g/mol. The lowest BCUT2D eigenvalue weighted by atomic mass is 9.96. The van der Waals surface area contributed by atoms with Crippen molar-refractivity contribution in [3.63, 3.8) is 0 Å². The van der Waals surface area contributed by atoms with E-state index in [1.807, 2.05) is 19.1 Å². The lowest BCUT2D eigenvalue weighted by molar-refractivity contribution is 0.0765. The predicted octanol–water partition coefficient (Wildman–Crippen LogP) is 3.64. The van der Waals surface area contributed by atoms with Crippen LogP contribution in [0.2, 0.25) is 5.02 Å². The van der Waals surface area contributed by atoms with Gasteiger partial charge in [-0.2, -0.15) is 0 Å². The highest BCUT2D eigenvalue weighted by Gasteiger charge is 2.26. The van der Waals surface area contributed by atoms with Crippen molar-refractivity contribution in [3.05, 3.63) is 34.9 Å². The molecule has 1 aromatic carbocycles. The standard InChI is InChI=1S/C15H20ClNO/c1-11-4-3-9-17(10-11)12(2)15(18)13-5-7-14(16)8-6-13/h5-8,11-12H,3-4,9-10H2,1-2H3. The van der Waals surface area contributed by atoms with Gasteiger partial charge in [0.15, 0.2) is 5.78 Å². The maximum absolute atomic E-state index is 12.4. The van der Waals surface area contributed by atoms with E-state index in [0.29, 0.717) is 10.9 Å². The predicted molar refractivity (Wildman–Crippen MR) is 75.2 cm³/mol. The molecule has 1 aliphatic rings. The minimum atomic E-state index is -0.0334. The number of ketones is 1. The maximum atomic E-state index is 12.4. The van der Waals surface area contributed by atoms with Crippen LogP contribution in [0.5, 0.6) is 0 Å². The molecular formula is C15H20ClNO. The Bertz CT molecular complexity index is 415. The minimum absolute atomic E-state index is 0.0334. The van der Waals surface area contributed by atoms with Gasteiger partial charge in [-0.3, -0.25) is 9.69 Å². The molecule has 1 heterocycles. The number of Topliss-reactive ketones (excluding diaryl/α,β-unsaturated/α-hetero) is 1. The van der Waals surface area contributed by atoms with E-state index in [1.165, 1.54) is 12.8 Å². The van der Waals surface area contributed by atoms with Gasteiger partial charge in [0.2, 0.25) is 0 Å². The van der Waals surface area contributed by atoms with Gasteiger partial charge in [-0.05, 0) is 56.5 Å². The number of hydrogen-bond donors (Lipinski definition) is 0. The molecule has 0 aliphatic carbocycles. The SMILES string of the molecule is CC1CCCN(C(C)C(=O)c2ccc(Cl)cc2)C1. The Kier molecular flexibility index (Phi) is 4.41. The number of piperidine rings is 1. The second-order valence-corrected chi connectivity index (χ2v) is 5.73. The van der Waals surface area contributed by atoms with Crippen molar-refractivity contribution in [1.29, 1.82) is 0 Å². The van der Waals surface area contributed by atoms with Gasteiger partial charge in [0, 0.05) is 17.1 Å². The van der Waals surface area contributed by atoms with Gasteiger partial charge in [-0.1, -0.05) is 18.5 Å². The molecule has 0 bridgehead atoms. The Labute approximate surface area is 114 Å². The Balaban J connectivity index is 2.06. The van der Waals surface area contributed by atoms with Gasteiger partial charge in [0.25, 0.3) is 0 Å². The van der Waals surface area contributed by atoms with Crippen LogP contribution in [0.4, 0.5) is 0 Å².